The standard InChI is InChI=1S/C12H12Br2N2/c1-8-5-9(2)16(15-8)11-4-3-10(7-13)12(14)6-11/h3-6H,7H2,1-2H3. The number of benzene rings is 1. The van der Waals surface area contributed by atoms with Crippen LogP contribution in [0, 0.1) is 13.8 Å². The van der Waals surface area contributed by atoms with Crippen LogP contribution in [0.5, 0.6) is 0 Å². The number of rotatable bonds is 2. The Morgan fingerprint density at radius 3 is 2.50 bits per heavy atom. The lowest BCUT2D eigenvalue weighted by atomic mass is 10.2. The van der Waals surface area contributed by atoms with Crippen LogP contribution < -0.4 is 0 Å². The molecule has 0 N–H and O–H groups in total. The number of nitrogens with zero attached hydrogens (tertiary/aromatic N) is 2. The fraction of sp³-hybridized carbons (Fsp3) is 0.250. The van der Waals surface area contributed by atoms with Crippen LogP contribution in [0.2, 0.25) is 0 Å². The molecule has 0 aliphatic rings. The van der Waals surface area contributed by atoms with E-state index < -0.39 is 0 Å². The lowest BCUT2D eigenvalue weighted by molar-refractivity contribution is 0.832. The molecule has 1 aromatic carbocycles. The Morgan fingerprint density at radius 2 is 2.00 bits per heavy atom. The Bertz CT molecular complexity index is 518. The largest absolute Gasteiger partial charge is 0.238 e. The normalized spacial score (nSPS) is 10.8. The van der Waals surface area contributed by atoms with Crippen molar-refractivity contribution in [3.63, 3.8) is 0 Å². The van der Waals surface area contributed by atoms with Crippen LogP contribution in [0.1, 0.15) is 17.0 Å². The van der Waals surface area contributed by atoms with Crippen LogP contribution in [0.15, 0.2) is 28.7 Å². The highest BCUT2D eigenvalue weighted by atomic mass is 79.9. The molecule has 84 valence electrons. The molecule has 0 amide bonds. The molecule has 16 heavy (non-hydrogen) atoms. The summed E-state index contributed by atoms with van der Waals surface area (Å²) in [6.45, 7) is 4.07. The lowest BCUT2D eigenvalue weighted by Crippen LogP contribution is -1.99. The molecule has 1 heterocycles. The van der Waals surface area contributed by atoms with Gasteiger partial charge in [-0.05, 0) is 37.6 Å². The minimum absolute atomic E-state index is 0.852. The fourth-order valence-electron chi connectivity index (χ4n) is 1.67. The molecule has 2 rings (SSSR count). The van der Waals surface area contributed by atoms with E-state index in [0.29, 0.717) is 0 Å². The predicted molar refractivity (Wildman–Crippen MR) is 73.4 cm³/mol. The van der Waals surface area contributed by atoms with Gasteiger partial charge in [0, 0.05) is 15.5 Å². The van der Waals surface area contributed by atoms with Crippen LogP contribution in [-0.4, -0.2) is 9.78 Å². The zero-order valence-electron chi connectivity index (χ0n) is 9.17. The molecule has 1 aromatic heterocycles. The lowest BCUT2D eigenvalue weighted by Gasteiger charge is -2.07. The average Bonchev–Trinajstić information content (AvgIpc) is 2.58. The molecule has 0 unspecified atom stereocenters. The smallest absolute Gasteiger partial charge is 0.0660 e. The van der Waals surface area contributed by atoms with Gasteiger partial charge in [-0.1, -0.05) is 37.9 Å². The Morgan fingerprint density at radius 1 is 1.25 bits per heavy atom. The van der Waals surface area contributed by atoms with Gasteiger partial charge in [0.15, 0.2) is 0 Å². The number of aryl methyl sites for hydroxylation is 2. The van der Waals surface area contributed by atoms with Gasteiger partial charge in [-0.3, -0.25) is 0 Å². The van der Waals surface area contributed by atoms with E-state index in [4.69, 9.17) is 0 Å². The third-order valence-corrected chi connectivity index (χ3v) is 3.78. The van der Waals surface area contributed by atoms with E-state index in [1.807, 2.05) is 11.6 Å². The molecule has 0 fully saturated rings. The second-order valence-electron chi connectivity index (χ2n) is 3.75. The highest BCUT2D eigenvalue weighted by Gasteiger charge is 2.05. The van der Waals surface area contributed by atoms with Gasteiger partial charge in [0.1, 0.15) is 0 Å². The topological polar surface area (TPSA) is 17.8 Å². The number of hydrogen-bond acceptors (Lipinski definition) is 1. The summed E-state index contributed by atoms with van der Waals surface area (Å²) in [4.78, 5) is 0. The second-order valence-corrected chi connectivity index (χ2v) is 5.16. The van der Waals surface area contributed by atoms with Crippen LogP contribution in [0.4, 0.5) is 0 Å². The Hall–Kier alpha value is -0.610. The first-order valence-corrected chi connectivity index (χ1v) is 6.91. The van der Waals surface area contributed by atoms with E-state index in [9.17, 15) is 0 Å². The molecule has 0 radical (unpaired) electrons. The first kappa shape index (κ1) is 11.9. The van der Waals surface area contributed by atoms with Crippen molar-refractivity contribution in [2.24, 2.45) is 0 Å². The summed E-state index contributed by atoms with van der Waals surface area (Å²) in [5.41, 5.74) is 4.52. The third-order valence-electron chi connectivity index (χ3n) is 2.43. The monoisotopic (exact) mass is 342 g/mol. The maximum atomic E-state index is 4.46. The SMILES string of the molecule is Cc1cc(C)n(-c2ccc(CBr)c(Br)c2)n1. The van der Waals surface area contributed by atoms with Gasteiger partial charge >= 0.3 is 0 Å². The third kappa shape index (κ3) is 2.23. The average molecular weight is 344 g/mol. The molecular weight excluding hydrogens is 332 g/mol. The van der Waals surface area contributed by atoms with Crippen molar-refractivity contribution in [2.45, 2.75) is 19.2 Å². The molecule has 0 atom stereocenters. The summed E-state index contributed by atoms with van der Waals surface area (Å²) in [6, 6.07) is 8.35. The zero-order chi connectivity index (χ0) is 11.7. The van der Waals surface area contributed by atoms with Gasteiger partial charge in [0.05, 0.1) is 11.4 Å². The van der Waals surface area contributed by atoms with Crippen LogP contribution in [0.3, 0.4) is 0 Å². The van der Waals surface area contributed by atoms with Crippen molar-refractivity contribution < 1.29 is 0 Å². The molecule has 2 nitrogen and oxygen atoms in total. The molecule has 0 aliphatic carbocycles. The fourth-order valence-corrected chi connectivity index (χ4v) is 3.04. The second kappa shape index (κ2) is 4.72. The van der Waals surface area contributed by atoms with Crippen molar-refractivity contribution in [1.82, 2.24) is 9.78 Å². The van der Waals surface area contributed by atoms with E-state index >= 15 is 0 Å². The van der Waals surface area contributed by atoms with Crippen molar-refractivity contribution >= 4 is 31.9 Å². The number of aromatic nitrogens is 2. The van der Waals surface area contributed by atoms with E-state index in [0.717, 1.165) is 26.9 Å². The summed E-state index contributed by atoms with van der Waals surface area (Å²) in [5, 5.41) is 5.31. The molecule has 0 saturated heterocycles. The quantitative estimate of drug-likeness (QED) is 0.749. The molecule has 0 saturated carbocycles. The first-order chi connectivity index (χ1) is 7.61. The Balaban J connectivity index is 2.49. The minimum atomic E-state index is 0.852. The Kier molecular flexibility index (Phi) is 3.50. The maximum absolute atomic E-state index is 4.46. The van der Waals surface area contributed by atoms with E-state index in [-0.39, 0.29) is 0 Å². The van der Waals surface area contributed by atoms with Crippen molar-refractivity contribution in [3.8, 4) is 5.69 Å². The summed E-state index contributed by atoms with van der Waals surface area (Å²) >= 11 is 7.02. The van der Waals surface area contributed by atoms with Crippen molar-refractivity contribution in [3.05, 3.63) is 45.7 Å². The molecule has 4 heteroatoms. The summed E-state index contributed by atoms with van der Waals surface area (Å²) in [5.74, 6) is 0. The number of hydrogen-bond donors (Lipinski definition) is 0. The number of alkyl halides is 1. The summed E-state index contributed by atoms with van der Waals surface area (Å²) in [7, 11) is 0. The highest BCUT2D eigenvalue weighted by Crippen LogP contribution is 2.23. The summed E-state index contributed by atoms with van der Waals surface area (Å²) < 4.78 is 3.06. The molecule has 0 spiro atoms. The van der Waals surface area contributed by atoms with Gasteiger partial charge in [-0.15, -0.1) is 0 Å². The number of halogens is 2. The predicted octanol–water partition coefficient (Wildman–Crippen LogP) is 4.15. The zero-order valence-corrected chi connectivity index (χ0v) is 12.3. The van der Waals surface area contributed by atoms with Gasteiger partial charge in [0.2, 0.25) is 0 Å². The van der Waals surface area contributed by atoms with Crippen LogP contribution in [-0.2, 0) is 5.33 Å². The molecule has 0 bridgehead atoms. The van der Waals surface area contributed by atoms with Gasteiger partial charge in [0.25, 0.3) is 0 Å². The molecule has 2 aromatic rings. The molecule has 0 aliphatic heterocycles. The maximum Gasteiger partial charge on any atom is 0.0660 e. The van der Waals surface area contributed by atoms with E-state index in [2.05, 4.69) is 68.1 Å². The molecular formula is C12H12Br2N2. The first-order valence-electron chi connectivity index (χ1n) is 5.00. The minimum Gasteiger partial charge on any atom is -0.238 e. The van der Waals surface area contributed by atoms with Crippen molar-refractivity contribution in [1.29, 1.82) is 0 Å². The highest BCUT2D eigenvalue weighted by molar-refractivity contribution is 9.10. The van der Waals surface area contributed by atoms with Crippen LogP contribution in [0.25, 0.3) is 5.69 Å². The van der Waals surface area contributed by atoms with E-state index in [1.165, 1.54) is 5.56 Å². The summed E-state index contributed by atoms with van der Waals surface area (Å²) in [6.07, 6.45) is 0. The van der Waals surface area contributed by atoms with Crippen LogP contribution >= 0.6 is 31.9 Å². The van der Waals surface area contributed by atoms with Gasteiger partial charge < -0.3 is 0 Å². The van der Waals surface area contributed by atoms with E-state index in [1.54, 1.807) is 0 Å². The Labute approximate surface area is 112 Å². The van der Waals surface area contributed by atoms with Gasteiger partial charge in [-0.2, -0.15) is 5.10 Å². The van der Waals surface area contributed by atoms with Crippen molar-refractivity contribution in [2.75, 3.05) is 0 Å². The van der Waals surface area contributed by atoms with Gasteiger partial charge in [-0.25, -0.2) is 4.68 Å².